The van der Waals surface area contributed by atoms with Gasteiger partial charge in [-0.1, -0.05) is 13.8 Å². The first-order valence-corrected chi connectivity index (χ1v) is 6.92. The Morgan fingerprint density at radius 2 is 1.86 bits per heavy atom. The van der Waals surface area contributed by atoms with Gasteiger partial charge in [0.15, 0.2) is 5.41 Å². The number of carboxylic acid groups (broad SMARTS) is 1. The lowest BCUT2D eigenvalue weighted by Crippen LogP contribution is -2.50. The van der Waals surface area contributed by atoms with Gasteiger partial charge in [-0.05, 0) is 19.3 Å². The highest BCUT2D eigenvalue weighted by Gasteiger charge is 2.64. The highest BCUT2D eigenvalue weighted by Crippen LogP contribution is 2.45. The minimum absolute atomic E-state index is 0.0665. The van der Waals surface area contributed by atoms with E-state index in [4.69, 9.17) is 5.11 Å². The number of halogens is 3. The second-order valence-electron chi connectivity index (χ2n) is 5.42. The standard InChI is InChI=1S/C13H21F3N2O3/c1-4-9(5-2)17(3)11(21)18-7-6-12(8-18,10(19)20)13(14,15)16/h9H,4-8H2,1-3H3,(H,19,20). The molecule has 5 nitrogen and oxygen atoms in total. The van der Waals surface area contributed by atoms with Gasteiger partial charge in [0.05, 0.1) is 0 Å². The fourth-order valence-corrected chi connectivity index (χ4v) is 2.72. The molecule has 8 heteroatoms. The van der Waals surface area contributed by atoms with Gasteiger partial charge in [0.2, 0.25) is 0 Å². The maximum absolute atomic E-state index is 13.1. The first kappa shape index (κ1) is 17.6. The SMILES string of the molecule is CCC(CC)N(C)C(=O)N1CCC(C(=O)O)(C(F)(F)F)C1. The van der Waals surface area contributed by atoms with E-state index in [-0.39, 0.29) is 12.6 Å². The molecule has 0 aromatic rings. The molecule has 21 heavy (non-hydrogen) atoms. The summed E-state index contributed by atoms with van der Waals surface area (Å²) in [5, 5.41) is 8.97. The largest absolute Gasteiger partial charge is 0.481 e. The van der Waals surface area contributed by atoms with Gasteiger partial charge in [0, 0.05) is 26.2 Å². The lowest BCUT2D eigenvalue weighted by Gasteiger charge is -2.32. The zero-order valence-electron chi connectivity index (χ0n) is 12.4. The minimum atomic E-state index is -4.87. The Morgan fingerprint density at radius 3 is 2.19 bits per heavy atom. The van der Waals surface area contributed by atoms with Gasteiger partial charge in [-0.15, -0.1) is 0 Å². The molecule has 0 aromatic heterocycles. The second kappa shape index (κ2) is 6.11. The first-order valence-electron chi connectivity index (χ1n) is 6.92. The van der Waals surface area contributed by atoms with Crippen molar-refractivity contribution in [1.29, 1.82) is 0 Å². The molecule has 1 saturated heterocycles. The summed E-state index contributed by atoms with van der Waals surface area (Å²) in [7, 11) is 1.54. The number of urea groups is 1. The van der Waals surface area contributed by atoms with Crippen molar-refractivity contribution in [1.82, 2.24) is 9.80 Å². The van der Waals surface area contributed by atoms with E-state index < -0.39 is 36.6 Å². The molecule has 1 aliphatic rings. The fourth-order valence-electron chi connectivity index (χ4n) is 2.72. The number of carbonyl (C=O) groups is 2. The van der Waals surface area contributed by atoms with Crippen LogP contribution in [0.2, 0.25) is 0 Å². The van der Waals surface area contributed by atoms with E-state index in [1.807, 2.05) is 13.8 Å². The lowest BCUT2D eigenvalue weighted by molar-refractivity contribution is -0.227. The molecule has 1 N–H and O–H groups in total. The maximum Gasteiger partial charge on any atom is 0.406 e. The number of rotatable bonds is 4. The third-order valence-electron chi connectivity index (χ3n) is 4.28. The van der Waals surface area contributed by atoms with E-state index in [9.17, 15) is 22.8 Å². The first-order chi connectivity index (χ1) is 9.60. The van der Waals surface area contributed by atoms with Gasteiger partial charge in [0.1, 0.15) is 0 Å². The third-order valence-corrected chi connectivity index (χ3v) is 4.28. The van der Waals surface area contributed by atoms with Crippen molar-refractivity contribution >= 4 is 12.0 Å². The number of hydrogen-bond acceptors (Lipinski definition) is 2. The summed E-state index contributed by atoms with van der Waals surface area (Å²) in [5.74, 6) is -1.92. The van der Waals surface area contributed by atoms with E-state index in [1.165, 1.54) is 11.9 Å². The van der Waals surface area contributed by atoms with E-state index in [2.05, 4.69) is 0 Å². The summed E-state index contributed by atoms with van der Waals surface area (Å²) in [5.41, 5.74) is -2.85. The average Bonchev–Trinajstić information content (AvgIpc) is 2.85. The molecule has 1 fully saturated rings. The van der Waals surface area contributed by atoms with E-state index >= 15 is 0 Å². The molecule has 0 aliphatic carbocycles. The molecule has 1 heterocycles. The van der Waals surface area contributed by atoms with Gasteiger partial charge in [-0.2, -0.15) is 13.2 Å². The van der Waals surface area contributed by atoms with Gasteiger partial charge in [0.25, 0.3) is 0 Å². The van der Waals surface area contributed by atoms with Crippen LogP contribution in [0, 0.1) is 5.41 Å². The highest BCUT2D eigenvalue weighted by molar-refractivity contribution is 5.80. The molecule has 0 spiro atoms. The summed E-state index contributed by atoms with van der Waals surface area (Å²) in [4.78, 5) is 25.7. The summed E-state index contributed by atoms with van der Waals surface area (Å²) in [6, 6.07) is -0.612. The molecule has 1 atom stereocenters. The van der Waals surface area contributed by atoms with Crippen LogP contribution in [-0.2, 0) is 4.79 Å². The molecular weight excluding hydrogens is 289 g/mol. The zero-order valence-corrected chi connectivity index (χ0v) is 12.4. The van der Waals surface area contributed by atoms with Crippen LogP contribution in [0.4, 0.5) is 18.0 Å². The normalized spacial score (nSPS) is 22.7. The summed E-state index contributed by atoms with van der Waals surface area (Å²) in [6.07, 6.45) is -4.10. The van der Waals surface area contributed by atoms with Crippen LogP contribution < -0.4 is 0 Å². The van der Waals surface area contributed by atoms with Gasteiger partial charge < -0.3 is 14.9 Å². The summed E-state index contributed by atoms with van der Waals surface area (Å²) in [6.45, 7) is 2.75. The Labute approximate surface area is 121 Å². The van der Waals surface area contributed by atoms with Gasteiger partial charge in [-0.25, -0.2) is 4.79 Å². The molecule has 0 radical (unpaired) electrons. The van der Waals surface area contributed by atoms with E-state index in [0.29, 0.717) is 12.8 Å². The number of amides is 2. The summed E-state index contributed by atoms with van der Waals surface area (Å²) < 4.78 is 39.2. The van der Waals surface area contributed by atoms with Crippen molar-refractivity contribution in [3.63, 3.8) is 0 Å². The van der Waals surface area contributed by atoms with Crippen molar-refractivity contribution in [3.8, 4) is 0 Å². The van der Waals surface area contributed by atoms with Crippen molar-refractivity contribution in [2.75, 3.05) is 20.1 Å². The number of nitrogens with zero attached hydrogens (tertiary/aromatic N) is 2. The molecule has 0 bridgehead atoms. The van der Waals surface area contributed by atoms with Crippen molar-refractivity contribution < 1.29 is 27.9 Å². The number of hydrogen-bond donors (Lipinski definition) is 1. The van der Waals surface area contributed by atoms with Crippen LogP contribution in [0.25, 0.3) is 0 Å². The molecule has 1 aliphatic heterocycles. The number of carbonyl (C=O) groups excluding carboxylic acids is 1. The summed E-state index contributed by atoms with van der Waals surface area (Å²) >= 11 is 0. The van der Waals surface area contributed by atoms with Crippen LogP contribution >= 0.6 is 0 Å². The average molecular weight is 310 g/mol. The van der Waals surface area contributed by atoms with Crippen LogP contribution in [0.15, 0.2) is 0 Å². The minimum Gasteiger partial charge on any atom is -0.481 e. The molecule has 0 aromatic carbocycles. The monoisotopic (exact) mass is 310 g/mol. The predicted molar refractivity (Wildman–Crippen MR) is 69.8 cm³/mol. The van der Waals surface area contributed by atoms with Crippen LogP contribution in [-0.4, -0.2) is 59.3 Å². The number of alkyl halides is 3. The zero-order chi connectivity index (χ0) is 16.4. The van der Waals surface area contributed by atoms with Crippen LogP contribution in [0.1, 0.15) is 33.1 Å². The molecule has 1 unspecified atom stereocenters. The van der Waals surface area contributed by atoms with E-state index in [1.54, 1.807) is 0 Å². The van der Waals surface area contributed by atoms with Crippen molar-refractivity contribution in [2.24, 2.45) is 5.41 Å². The Bertz CT molecular complexity index is 410. The Kier molecular flexibility index (Phi) is 5.11. The third kappa shape index (κ3) is 3.08. The Morgan fingerprint density at radius 1 is 1.33 bits per heavy atom. The predicted octanol–water partition coefficient (Wildman–Crippen LogP) is 2.57. The second-order valence-corrected chi connectivity index (χ2v) is 5.42. The maximum atomic E-state index is 13.1. The van der Waals surface area contributed by atoms with E-state index in [0.717, 1.165) is 4.90 Å². The smallest absolute Gasteiger partial charge is 0.406 e. The Hall–Kier alpha value is -1.47. The van der Waals surface area contributed by atoms with Gasteiger partial charge in [-0.3, -0.25) is 4.79 Å². The fraction of sp³-hybridized carbons (Fsp3) is 0.846. The van der Waals surface area contributed by atoms with Gasteiger partial charge >= 0.3 is 18.2 Å². The van der Waals surface area contributed by atoms with Crippen LogP contribution in [0.5, 0.6) is 0 Å². The number of aliphatic carboxylic acids is 1. The quantitative estimate of drug-likeness (QED) is 0.868. The highest BCUT2D eigenvalue weighted by atomic mass is 19.4. The number of carboxylic acids is 1. The molecule has 2 amide bonds. The van der Waals surface area contributed by atoms with Crippen molar-refractivity contribution in [2.45, 2.75) is 45.3 Å². The number of likely N-dealkylation sites (tertiary alicyclic amines) is 1. The molecule has 1 rings (SSSR count). The molecule has 122 valence electrons. The molecule has 0 saturated carbocycles. The van der Waals surface area contributed by atoms with Crippen molar-refractivity contribution in [3.05, 3.63) is 0 Å². The van der Waals surface area contributed by atoms with Crippen LogP contribution in [0.3, 0.4) is 0 Å². The Balaban J connectivity index is 2.90. The lowest BCUT2D eigenvalue weighted by atomic mass is 9.86. The topological polar surface area (TPSA) is 60.9 Å². The molecular formula is C13H21F3N2O3.